The lowest BCUT2D eigenvalue weighted by molar-refractivity contribution is -0.143. The molecule has 0 saturated carbocycles. The molecule has 1 aliphatic carbocycles. The van der Waals surface area contributed by atoms with Crippen LogP contribution in [0.5, 0.6) is 0 Å². The quantitative estimate of drug-likeness (QED) is 0.754. The van der Waals surface area contributed by atoms with Gasteiger partial charge in [-0.05, 0) is 50.3 Å². The lowest BCUT2D eigenvalue weighted by atomic mass is 9.68. The summed E-state index contributed by atoms with van der Waals surface area (Å²) >= 11 is 0. The molecule has 0 spiro atoms. The number of ether oxygens (including phenoxy) is 2. The van der Waals surface area contributed by atoms with Crippen LogP contribution >= 0.6 is 0 Å². The molecule has 160 valence electrons. The van der Waals surface area contributed by atoms with E-state index in [-0.39, 0.29) is 17.3 Å². The van der Waals surface area contributed by atoms with E-state index in [0.29, 0.717) is 35.2 Å². The third-order valence-corrected chi connectivity index (χ3v) is 5.47. The second-order valence-electron chi connectivity index (χ2n) is 9.00. The average Bonchev–Trinajstić information content (AvgIpc) is 2.64. The largest absolute Gasteiger partial charge is 0.465 e. The number of carbonyl (C=O) groups is 3. The normalized spacial score (nSPS) is 20.6. The molecule has 0 bridgehead atoms. The Morgan fingerprint density at radius 3 is 2.30 bits per heavy atom. The van der Waals surface area contributed by atoms with Crippen LogP contribution in [0.25, 0.3) is 0 Å². The number of ketones is 1. The summed E-state index contributed by atoms with van der Waals surface area (Å²) in [5.74, 6) is -1.39. The summed E-state index contributed by atoms with van der Waals surface area (Å²) in [4.78, 5) is 38.0. The minimum Gasteiger partial charge on any atom is -0.465 e. The van der Waals surface area contributed by atoms with Crippen molar-refractivity contribution in [3.05, 3.63) is 57.9 Å². The number of allylic oxidation sites excluding steroid dienone is 3. The minimum atomic E-state index is -0.539. The molecule has 6 nitrogen and oxygen atoms in total. The highest BCUT2D eigenvalue weighted by molar-refractivity contribution is 6.04. The maximum Gasteiger partial charge on any atom is 0.337 e. The molecule has 1 aliphatic heterocycles. The van der Waals surface area contributed by atoms with E-state index in [4.69, 9.17) is 9.47 Å². The van der Waals surface area contributed by atoms with E-state index < -0.39 is 17.9 Å². The number of benzene rings is 1. The second kappa shape index (κ2) is 8.09. The first-order valence-corrected chi connectivity index (χ1v) is 10.2. The second-order valence-corrected chi connectivity index (χ2v) is 9.00. The van der Waals surface area contributed by atoms with E-state index in [0.717, 1.165) is 11.3 Å². The zero-order valence-electron chi connectivity index (χ0n) is 18.4. The van der Waals surface area contributed by atoms with Gasteiger partial charge in [0, 0.05) is 29.3 Å². The maximum atomic E-state index is 13.2. The Morgan fingerprint density at radius 2 is 1.73 bits per heavy atom. The molecule has 3 rings (SSSR count). The Morgan fingerprint density at radius 1 is 1.10 bits per heavy atom. The SMILES string of the molecule is COC(=O)c1ccc(C2C(C(=O)OC(C)C)=C(C)NC3=C2C(=O)CC(C)(C)C3)cc1. The monoisotopic (exact) mass is 411 g/mol. The lowest BCUT2D eigenvalue weighted by Crippen LogP contribution is -2.39. The number of dihydropyridines is 1. The summed E-state index contributed by atoms with van der Waals surface area (Å²) in [6, 6.07) is 6.86. The summed E-state index contributed by atoms with van der Waals surface area (Å²) in [5, 5.41) is 3.31. The zero-order valence-corrected chi connectivity index (χ0v) is 18.4. The number of hydrogen-bond acceptors (Lipinski definition) is 6. The van der Waals surface area contributed by atoms with Gasteiger partial charge in [-0.3, -0.25) is 4.79 Å². The van der Waals surface area contributed by atoms with Gasteiger partial charge in [-0.2, -0.15) is 0 Å². The predicted molar refractivity (Wildman–Crippen MR) is 113 cm³/mol. The van der Waals surface area contributed by atoms with Gasteiger partial charge in [0.05, 0.1) is 24.4 Å². The van der Waals surface area contributed by atoms with E-state index in [1.807, 2.05) is 6.92 Å². The molecule has 1 heterocycles. The fraction of sp³-hybridized carbons (Fsp3) is 0.458. The zero-order chi connectivity index (χ0) is 22.2. The van der Waals surface area contributed by atoms with Crippen LogP contribution in [0, 0.1) is 5.41 Å². The molecule has 1 atom stereocenters. The first kappa shape index (κ1) is 21.8. The third kappa shape index (κ3) is 4.18. The molecule has 1 unspecified atom stereocenters. The van der Waals surface area contributed by atoms with Gasteiger partial charge < -0.3 is 14.8 Å². The highest BCUT2D eigenvalue weighted by Crippen LogP contribution is 2.46. The molecule has 6 heteroatoms. The standard InChI is InChI=1S/C24H29NO5/c1-13(2)30-23(28)19-14(3)25-17-11-24(4,5)12-18(26)21(17)20(19)15-7-9-16(10-8-15)22(27)29-6/h7-10,13,20,25H,11-12H2,1-6H3. The van der Waals surface area contributed by atoms with E-state index in [2.05, 4.69) is 19.2 Å². The van der Waals surface area contributed by atoms with Gasteiger partial charge in [0.1, 0.15) is 0 Å². The number of carbonyl (C=O) groups excluding carboxylic acids is 3. The lowest BCUT2D eigenvalue weighted by Gasteiger charge is -2.39. The van der Waals surface area contributed by atoms with Gasteiger partial charge in [-0.1, -0.05) is 26.0 Å². The van der Waals surface area contributed by atoms with Crippen molar-refractivity contribution in [2.24, 2.45) is 5.41 Å². The van der Waals surface area contributed by atoms with Crippen LogP contribution < -0.4 is 5.32 Å². The number of nitrogens with one attached hydrogen (secondary N) is 1. The number of Topliss-reactive ketones (excluding diaryl/α,β-unsaturated/α-hetero) is 1. The van der Waals surface area contributed by atoms with Crippen molar-refractivity contribution >= 4 is 17.7 Å². The van der Waals surface area contributed by atoms with E-state index in [1.54, 1.807) is 38.1 Å². The fourth-order valence-corrected chi connectivity index (χ4v) is 4.25. The van der Waals surface area contributed by atoms with Crippen molar-refractivity contribution in [3.63, 3.8) is 0 Å². The molecule has 1 aromatic carbocycles. The summed E-state index contributed by atoms with van der Waals surface area (Å²) in [5.41, 5.74) is 3.61. The van der Waals surface area contributed by atoms with Crippen molar-refractivity contribution in [3.8, 4) is 0 Å². The van der Waals surface area contributed by atoms with Crippen molar-refractivity contribution in [2.75, 3.05) is 7.11 Å². The van der Waals surface area contributed by atoms with Crippen LogP contribution in [0.2, 0.25) is 0 Å². The maximum absolute atomic E-state index is 13.2. The summed E-state index contributed by atoms with van der Waals surface area (Å²) in [6.45, 7) is 9.56. The Hall–Kier alpha value is -2.89. The van der Waals surface area contributed by atoms with E-state index in [9.17, 15) is 14.4 Å². The van der Waals surface area contributed by atoms with Gasteiger partial charge in [0.25, 0.3) is 0 Å². The molecule has 1 aromatic rings. The molecule has 0 amide bonds. The molecular weight excluding hydrogens is 382 g/mol. The molecule has 1 N–H and O–H groups in total. The molecule has 2 aliphatic rings. The summed E-state index contributed by atoms with van der Waals surface area (Å²) < 4.78 is 10.3. The van der Waals surface area contributed by atoms with E-state index >= 15 is 0 Å². The Bertz CT molecular complexity index is 950. The van der Waals surface area contributed by atoms with Gasteiger partial charge in [-0.25, -0.2) is 9.59 Å². The van der Waals surface area contributed by atoms with Crippen LogP contribution in [0.3, 0.4) is 0 Å². The van der Waals surface area contributed by atoms with Crippen molar-refractivity contribution in [2.45, 2.75) is 59.5 Å². The van der Waals surface area contributed by atoms with Gasteiger partial charge in [0.2, 0.25) is 0 Å². The van der Waals surface area contributed by atoms with Crippen molar-refractivity contribution in [1.29, 1.82) is 0 Å². The van der Waals surface area contributed by atoms with Crippen LogP contribution in [-0.4, -0.2) is 30.9 Å². The average molecular weight is 411 g/mol. The molecule has 0 saturated heterocycles. The number of methoxy groups -OCH3 is 1. The number of rotatable bonds is 4. The number of esters is 2. The third-order valence-electron chi connectivity index (χ3n) is 5.47. The smallest absolute Gasteiger partial charge is 0.337 e. The highest BCUT2D eigenvalue weighted by Gasteiger charge is 2.43. The van der Waals surface area contributed by atoms with Crippen LogP contribution in [0.15, 0.2) is 46.8 Å². The predicted octanol–water partition coefficient (Wildman–Crippen LogP) is 4.03. The Labute approximate surface area is 177 Å². The Kier molecular flexibility index (Phi) is 5.88. The molecule has 0 radical (unpaired) electrons. The summed E-state index contributed by atoms with van der Waals surface area (Å²) in [7, 11) is 1.33. The van der Waals surface area contributed by atoms with Crippen LogP contribution in [0.4, 0.5) is 0 Å². The van der Waals surface area contributed by atoms with Gasteiger partial charge in [0.15, 0.2) is 5.78 Å². The topological polar surface area (TPSA) is 81.7 Å². The first-order chi connectivity index (χ1) is 14.0. The molecule has 0 fully saturated rings. The molecular formula is C24H29NO5. The molecule has 30 heavy (non-hydrogen) atoms. The summed E-state index contributed by atoms with van der Waals surface area (Å²) in [6.07, 6.45) is 0.848. The van der Waals surface area contributed by atoms with Gasteiger partial charge >= 0.3 is 11.9 Å². The minimum absolute atomic E-state index is 0.0261. The van der Waals surface area contributed by atoms with E-state index in [1.165, 1.54) is 7.11 Å². The fourth-order valence-electron chi connectivity index (χ4n) is 4.25. The first-order valence-electron chi connectivity index (χ1n) is 10.2. The van der Waals surface area contributed by atoms with Crippen LogP contribution in [0.1, 0.15) is 69.3 Å². The van der Waals surface area contributed by atoms with Crippen LogP contribution in [-0.2, 0) is 19.1 Å². The Balaban J connectivity index is 2.13. The van der Waals surface area contributed by atoms with Crippen molar-refractivity contribution < 1.29 is 23.9 Å². The number of hydrogen-bond donors (Lipinski definition) is 1. The van der Waals surface area contributed by atoms with Gasteiger partial charge in [-0.15, -0.1) is 0 Å². The highest BCUT2D eigenvalue weighted by atomic mass is 16.5. The molecule has 0 aromatic heterocycles. The van der Waals surface area contributed by atoms with Crippen molar-refractivity contribution in [1.82, 2.24) is 5.32 Å².